The summed E-state index contributed by atoms with van der Waals surface area (Å²) in [5.74, 6) is -0.196. The van der Waals surface area contributed by atoms with Crippen molar-refractivity contribution in [2.45, 2.75) is 20.1 Å². The predicted octanol–water partition coefficient (Wildman–Crippen LogP) is 1.30. The van der Waals surface area contributed by atoms with E-state index in [1.165, 1.54) is 14.2 Å². The van der Waals surface area contributed by atoms with E-state index in [0.29, 0.717) is 11.4 Å². The highest BCUT2D eigenvalue weighted by Crippen LogP contribution is 2.13. The van der Waals surface area contributed by atoms with Crippen LogP contribution in [-0.2, 0) is 9.47 Å². The van der Waals surface area contributed by atoms with Gasteiger partial charge in [-0.2, -0.15) is 0 Å². The Hall–Kier alpha value is -1.92. The minimum atomic E-state index is -0.458. The Balaban J connectivity index is 2.24. The molecule has 0 unspecified atom stereocenters. The number of aromatic nitrogens is 2. The highest BCUT2D eigenvalue weighted by atomic mass is 16.7. The number of carbonyl (C=O) groups is 1. The van der Waals surface area contributed by atoms with Crippen LogP contribution in [0.4, 0.5) is 0 Å². The topological polar surface area (TPSA) is 64.9 Å². The van der Waals surface area contributed by atoms with E-state index in [1.54, 1.807) is 4.40 Å². The molecule has 2 aromatic rings. The van der Waals surface area contributed by atoms with Crippen LogP contribution < -0.4 is 5.32 Å². The van der Waals surface area contributed by atoms with Gasteiger partial charge in [-0.05, 0) is 31.5 Å². The van der Waals surface area contributed by atoms with E-state index in [4.69, 9.17) is 9.47 Å². The fourth-order valence-corrected chi connectivity index (χ4v) is 2.06. The lowest BCUT2D eigenvalue weighted by molar-refractivity contribution is -0.0974. The molecule has 0 fully saturated rings. The van der Waals surface area contributed by atoms with Crippen LogP contribution in [-0.4, -0.2) is 42.3 Å². The van der Waals surface area contributed by atoms with Gasteiger partial charge in [-0.15, -0.1) is 0 Å². The van der Waals surface area contributed by atoms with Gasteiger partial charge in [0, 0.05) is 20.4 Å². The van der Waals surface area contributed by atoms with Crippen molar-refractivity contribution < 1.29 is 14.3 Å². The molecule has 0 atom stereocenters. The van der Waals surface area contributed by atoms with Gasteiger partial charge in [0.05, 0.1) is 12.2 Å². The third-order valence-corrected chi connectivity index (χ3v) is 3.13. The Morgan fingerprint density at radius 2 is 2.10 bits per heavy atom. The number of imidazole rings is 1. The maximum absolute atomic E-state index is 12.3. The zero-order valence-corrected chi connectivity index (χ0v) is 12.1. The van der Waals surface area contributed by atoms with Crippen molar-refractivity contribution in [2.24, 2.45) is 0 Å². The Morgan fingerprint density at radius 3 is 2.75 bits per heavy atom. The quantitative estimate of drug-likeness (QED) is 0.837. The highest BCUT2D eigenvalue weighted by molar-refractivity contribution is 5.94. The number of aryl methyl sites for hydroxylation is 2. The van der Waals surface area contributed by atoms with E-state index in [-0.39, 0.29) is 12.5 Å². The summed E-state index contributed by atoms with van der Waals surface area (Å²) in [4.78, 5) is 16.7. The van der Waals surface area contributed by atoms with Gasteiger partial charge in [0.15, 0.2) is 6.29 Å². The molecule has 6 nitrogen and oxygen atoms in total. The number of hydrogen-bond donors (Lipinski definition) is 1. The molecule has 2 aromatic heterocycles. The molecular weight excluding hydrogens is 258 g/mol. The van der Waals surface area contributed by atoms with Gasteiger partial charge in [0.2, 0.25) is 0 Å². The number of pyridine rings is 1. The van der Waals surface area contributed by atoms with Crippen molar-refractivity contribution in [1.29, 1.82) is 0 Å². The highest BCUT2D eigenvalue weighted by Gasteiger charge is 2.17. The first-order chi connectivity index (χ1) is 9.56. The van der Waals surface area contributed by atoms with Crippen LogP contribution in [0, 0.1) is 13.8 Å². The lowest BCUT2D eigenvalue weighted by Gasteiger charge is -2.14. The average molecular weight is 277 g/mol. The van der Waals surface area contributed by atoms with E-state index in [0.717, 1.165) is 11.2 Å². The molecule has 6 heteroatoms. The number of nitrogens with one attached hydrogen (secondary N) is 1. The molecule has 0 bridgehead atoms. The van der Waals surface area contributed by atoms with Crippen LogP contribution >= 0.6 is 0 Å². The molecule has 20 heavy (non-hydrogen) atoms. The van der Waals surface area contributed by atoms with E-state index >= 15 is 0 Å². The fourth-order valence-electron chi connectivity index (χ4n) is 2.06. The minimum Gasteiger partial charge on any atom is -0.354 e. The van der Waals surface area contributed by atoms with Gasteiger partial charge in [-0.1, -0.05) is 0 Å². The lowest BCUT2D eigenvalue weighted by atomic mass is 10.3. The fraction of sp³-hybridized carbons (Fsp3) is 0.429. The average Bonchev–Trinajstić information content (AvgIpc) is 2.74. The van der Waals surface area contributed by atoms with Crippen LogP contribution in [0.15, 0.2) is 18.3 Å². The Labute approximate surface area is 117 Å². The Morgan fingerprint density at radius 1 is 1.40 bits per heavy atom. The first-order valence-electron chi connectivity index (χ1n) is 6.36. The zero-order chi connectivity index (χ0) is 14.7. The molecule has 1 amide bonds. The maximum atomic E-state index is 12.3. The SMILES string of the molecule is COC(CNC(=O)c1c(C)nc2cc(C)ccn12)OC. The van der Waals surface area contributed by atoms with E-state index in [2.05, 4.69) is 10.3 Å². The number of hydrogen-bond acceptors (Lipinski definition) is 4. The summed E-state index contributed by atoms with van der Waals surface area (Å²) >= 11 is 0. The molecule has 0 aliphatic carbocycles. The second-order valence-corrected chi connectivity index (χ2v) is 4.59. The van der Waals surface area contributed by atoms with E-state index in [9.17, 15) is 4.79 Å². The van der Waals surface area contributed by atoms with Crippen molar-refractivity contribution in [3.05, 3.63) is 35.3 Å². The Bertz CT molecular complexity index is 617. The summed E-state index contributed by atoms with van der Waals surface area (Å²) in [7, 11) is 3.06. The first kappa shape index (κ1) is 14.5. The van der Waals surface area contributed by atoms with Crippen molar-refractivity contribution in [3.63, 3.8) is 0 Å². The predicted molar refractivity (Wildman–Crippen MR) is 74.8 cm³/mol. The third kappa shape index (κ3) is 2.81. The summed E-state index contributed by atoms with van der Waals surface area (Å²) in [6, 6.07) is 3.88. The number of fused-ring (bicyclic) bond motifs is 1. The van der Waals surface area contributed by atoms with Gasteiger partial charge >= 0.3 is 0 Å². The smallest absolute Gasteiger partial charge is 0.270 e. The minimum absolute atomic E-state index is 0.196. The molecular formula is C14H19N3O3. The molecule has 108 valence electrons. The number of methoxy groups -OCH3 is 2. The van der Waals surface area contributed by atoms with Gasteiger partial charge in [-0.3, -0.25) is 9.20 Å². The molecule has 2 heterocycles. The zero-order valence-electron chi connectivity index (χ0n) is 12.1. The second kappa shape index (κ2) is 6.02. The van der Waals surface area contributed by atoms with Crippen molar-refractivity contribution in [3.8, 4) is 0 Å². The van der Waals surface area contributed by atoms with Crippen molar-refractivity contribution in [1.82, 2.24) is 14.7 Å². The molecule has 0 aliphatic heterocycles. The van der Waals surface area contributed by atoms with Crippen LogP contribution in [0.25, 0.3) is 5.65 Å². The molecule has 0 aromatic carbocycles. The molecule has 2 rings (SSSR count). The van der Waals surface area contributed by atoms with Gasteiger partial charge in [0.1, 0.15) is 11.3 Å². The number of rotatable bonds is 5. The largest absolute Gasteiger partial charge is 0.354 e. The summed E-state index contributed by atoms with van der Waals surface area (Å²) < 4.78 is 11.9. The molecule has 0 radical (unpaired) electrons. The molecule has 0 saturated carbocycles. The summed E-state index contributed by atoms with van der Waals surface area (Å²) in [6.45, 7) is 4.09. The van der Waals surface area contributed by atoms with Crippen LogP contribution in [0.1, 0.15) is 21.7 Å². The molecule has 1 N–H and O–H groups in total. The van der Waals surface area contributed by atoms with Gasteiger partial charge in [-0.25, -0.2) is 4.98 Å². The van der Waals surface area contributed by atoms with Crippen LogP contribution in [0.2, 0.25) is 0 Å². The number of carbonyl (C=O) groups excluding carboxylic acids is 1. The van der Waals surface area contributed by atoms with Crippen LogP contribution in [0.5, 0.6) is 0 Å². The normalized spacial score (nSPS) is 11.2. The number of nitrogens with zero attached hydrogens (tertiary/aromatic N) is 2. The summed E-state index contributed by atoms with van der Waals surface area (Å²) in [5.41, 5.74) is 3.10. The monoisotopic (exact) mass is 277 g/mol. The molecule has 0 saturated heterocycles. The van der Waals surface area contributed by atoms with E-state index in [1.807, 2.05) is 32.2 Å². The number of amides is 1. The summed E-state index contributed by atoms with van der Waals surface area (Å²) in [6.07, 6.45) is 1.39. The third-order valence-electron chi connectivity index (χ3n) is 3.13. The second-order valence-electron chi connectivity index (χ2n) is 4.59. The van der Waals surface area contributed by atoms with Crippen LogP contribution in [0.3, 0.4) is 0 Å². The van der Waals surface area contributed by atoms with Crippen molar-refractivity contribution >= 4 is 11.6 Å². The van der Waals surface area contributed by atoms with Gasteiger partial charge in [0.25, 0.3) is 5.91 Å². The molecule has 0 aliphatic rings. The van der Waals surface area contributed by atoms with Gasteiger partial charge < -0.3 is 14.8 Å². The lowest BCUT2D eigenvalue weighted by Crippen LogP contribution is -2.35. The Kier molecular flexibility index (Phi) is 4.36. The van der Waals surface area contributed by atoms with Crippen molar-refractivity contribution in [2.75, 3.05) is 20.8 Å². The van der Waals surface area contributed by atoms with E-state index < -0.39 is 6.29 Å². The maximum Gasteiger partial charge on any atom is 0.270 e. The number of ether oxygens (including phenoxy) is 2. The molecule has 0 spiro atoms. The first-order valence-corrected chi connectivity index (χ1v) is 6.36. The summed E-state index contributed by atoms with van der Waals surface area (Å²) in [5, 5.41) is 2.78. The standard InChI is InChI=1S/C14H19N3O3/c1-9-5-6-17-11(7-9)16-10(2)13(17)14(18)15-8-12(19-3)20-4/h5-7,12H,8H2,1-4H3,(H,15,18).